The number of likely N-dealkylation sites (tertiary alicyclic amines) is 1. The van der Waals surface area contributed by atoms with E-state index in [9.17, 15) is 4.39 Å². The van der Waals surface area contributed by atoms with Gasteiger partial charge in [-0.1, -0.05) is 30.3 Å². The molecule has 128 valence electrons. The predicted octanol–water partition coefficient (Wildman–Crippen LogP) is 3.56. The van der Waals surface area contributed by atoms with Crippen molar-refractivity contribution in [3.63, 3.8) is 0 Å². The second-order valence-corrected chi connectivity index (χ2v) is 6.21. The molecule has 2 aromatic carbocycles. The van der Waals surface area contributed by atoms with Gasteiger partial charge in [-0.3, -0.25) is 4.90 Å². The van der Waals surface area contributed by atoms with E-state index in [2.05, 4.69) is 32.5 Å². The van der Waals surface area contributed by atoms with Crippen LogP contribution in [0.25, 0.3) is 11.5 Å². The molecule has 1 unspecified atom stereocenters. The van der Waals surface area contributed by atoms with Gasteiger partial charge in [0, 0.05) is 24.8 Å². The molecule has 0 saturated carbocycles. The van der Waals surface area contributed by atoms with Crippen LogP contribution in [0.3, 0.4) is 0 Å². The van der Waals surface area contributed by atoms with E-state index < -0.39 is 0 Å². The van der Waals surface area contributed by atoms with Crippen LogP contribution in [0.1, 0.15) is 12.3 Å². The molecule has 1 aliphatic rings. The van der Waals surface area contributed by atoms with Gasteiger partial charge in [-0.15, -0.1) is 10.2 Å². The topological polar surface area (TPSA) is 54.2 Å². The van der Waals surface area contributed by atoms with Gasteiger partial charge in [-0.2, -0.15) is 0 Å². The van der Waals surface area contributed by atoms with E-state index in [0.717, 1.165) is 25.2 Å². The zero-order valence-electron chi connectivity index (χ0n) is 13.7. The summed E-state index contributed by atoms with van der Waals surface area (Å²) >= 11 is 0. The summed E-state index contributed by atoms with van der Waals surface area (Å²) in [6, 6.07) is 17.0. The maximum atomic E-state index is 13.8. The van der Waals surface area contributed by atoms with Crippen LogP contribution < -0.4 is 5.32 Å². The monoisotopic (exact) mass is 338 g/mol. The molecule has 1 aromatic heterocycles. The van der Waals surface area contributed by atoms with E-state index in [1.165, 1.54) is 6.07 Å². The number of nitrogens with one attached hydrogen (secondary N) is 1. The molecule has 0 radical (unpaired) electrons. The normalized spacial score (nSPS) is 17.7. The van der Waals surface area contributed by atoms with Crippen molar-refractivity contribution in [3.8, 4) is 11.5 Å². The molecule has 25 heavy (non-hydrogen) atoms. The number of aromatic nitrogens is 2. The largest absolute Gasteiger partial charge is 0.419 e. The molecule has 6 heteroatoms. The van der Waals surface area contributed by atoms with Crippen molar-refractivity contribution in [2.24, 2.45) is 0 Å². The first-order valence-corrected chi connectivity index (χ1v) is 8.39. The SMILES string of the molecule is Fc1ccccc1-c1nnc(CN2CCC(Nc3ccccc3)C2)o1. The molecule has 1 saturated heterocycles. The Morgan fingerprint density at radius 3 is 2.72 bits per heavy atom. The first-order chi connectivity index (χ1) is 12.3. The lowest BCUT2D eigenvalue weighted by Crippen LogP contribution is -2.26. The van der Waals surface area contributed by atoms with Gasteiger partial charge in [-0.05, 0) is 30.7 Å². The van der Waals surface area contributed by atoms with Crippen molar-refractivity contribution < 1.29 is 8.81 Å². The fourth-order valence-corrected chi connectivity index (χ4v) is 3.12. The van der Waals surface area contributed by atoms with E-state index in [1.807, 2.05) is 18.2 Å². The summed E-state index contributed by atoms with van der Waals surface area (Å²) in [5, 5.41) is 11.6. The number of anilines is 1. The van der Waals surface area contributed by atoms with E-state index in [4.69, 9.17) is 4.42 Å². The third-order valence-corrected chi connectivity index (χ3v) is 4.35. The molecule has 1 atom stereocenters. The molecule has 0 bridgehead atoms. The lowest BCUT2D eigenvalue weighted by atomic mass is 10.2. The van der Waals surface area contributed by atoms with Crippen LogP contribution in [0.15, 0.2) is 59.0 Å². The molecule has 0 spiro atoms. The van der Waals surface area contributed by atoms with Crippen molar-refractivity contribution in [1.29, 1.82) is 0 Å². The minimum absolute atomic E-state index is 0.228. The quantitative estimate of drug-likeness (QED) is 0.771. The Bertz CT molecular complexity index is 836. The average Bonchev–Trinajstić information content (AvgIpc) is 3.26. The summed E-state index contributed by atoms with van der Waals surface area (Å²) in [6.45, 7) is 2.45. The lowest BCUT2D eigenvalue weighted by molar-refractivity contribution is 0.290. The van der Waals surface area contributed by atoms with Crippen LogP contribution >= 0.6 is 0 Å². The average molecular weight is 338 g/mol. The molecular formula is C19H19FN4O. The molecule has 0 aliphatic carbocycles. The van der Waals surface area contributed by atoms with Gasteiger partial charge in [0.25, 0.3) is 5.89 Å². The van der Waals surface area contributed by atoms with Gasteiger partial charge in [0.05, 0.1) is 12.1 Å². The van der Waals surface area contributed by atoms with Crippen molar-refractivity contribution in [3.05, 3.63) is 66.3 Å². The van der Waals surface area contributed by atoms with E-state index in [0.29, 0.717) is 24.0 Å². The van der Waals surface area contributed by atoms with Crippen molar-refractivity contribution >= 4 is 5.69 Å². The zero-order chi connectivity index (χ0) is 17.1. The van der Waals surface area contributed by atoms with Crippen LogP contribution in [0.4, 0.5) is 10.1 Å². The standard InChI is InChI=1S/C19H19FN4O/c20-17-9-5-4-8-16(17)19-23-22-18(25-19)13-24-11-10-15(12-24)21-14-6-2-1-3-7-14/h1-9,15,21H,10-13H2. The van der Waals surface area contributed by atoms with Gasteiger partial charge >= 0.3 is 0 Å². The maximum Gasteiger partial charge on any atom is 0.250 e. The Balaban J connectivity index is 1.37. The number of benzene rings is 2. The second-order valence-electron chi connectivity index (χ2n) is 6.21. The van der Waals surface area contributed by atoms with Gasteiger partial charge in [0.2, 0.25) is 5.89 Å². The lowest BCUT2D eigenvalue weighted by Gasteiger charge is -2.15. The molecule has 1 aliphatic heterocycles. The number of para-hydroxylation sites is 1. The fraction of sp³-hybridized carbons (Fsp3) is 0.263. The highest BCUT2D eigenvalue weighted by atomic mass is 19.1. The molecule has 5 nitrogen and oxygen atoms in total. The minimum Gasteiger partial charge on any atom is -0.419 e. The summed E-state index contributed by atoms with van der Waals surface area (Å²) in [7, 11) is 0. The molecule has 0 amide bonds. The van der Waals surface area contributed by atoms with Crippen molar-refractivity contribution in [1.82, 2.24) is 15.1 Å². The Morgan fingerprint density at radius 2 is 1.88 bits per heavy atom. The van der Waals surface area contributed by atoms with Crippen LogP contribution in [0, 0.1) is 5.82 Å². The summed E-state index contributed by atoms with van der Waals surface area (Å²) in [5.74, 6) is 0.385. The number of rotatable bonds is 5. The molecule has 1 fully saturated rings. The van der Waals surface area contributed by atoms with Crippen molar-refractivity contribution in [2.45, 2.75) is 19.0 Å². The molecule has 2 heterocycles. The van der Waals surface area contributed by atoms with E-state index in [1.54, 1.807) is 18.2 Å². The Labute approximate surface area is 145 Å². The number of halogens is 1. The Hall–Kier alpha value is -2.73. The molecular weight excluding hydrogens is 319 g/mol. The second kappa shape index (κ2) is 7.03. The first kappa shape index (κ1) is 15.8. The maximum absolute atomic E-state index is 13.8. The van der Waals surface area contributed by atoms with Crippen LogP contribution in [0.5, 0.6) is 0 Å². The smallest absolute Gasteiger partial charge is 0.250 e. The Morgan fingerprint density at radius 1 is 1.08 bits per heavy atom. The van der Waals surface area contributed by atoms with Crippen molar-refractivity contribution in [2.75, 3.05) is 18.4 Å². The summed E-state index contributed by atoms with van der Waals surface area (Å²) < 4.78 is 19.4. The highest BCUT2D eigenvalue weighted by molar-refractivity contribution is 5.53. The van der Waals surface area contributed by atoms with Gasteiger partial charge in [0.1, 0.15) is 5.82 Å². The molecule has 3 aromatic rings. The number of hydrogen-bond acceptors (Lipinski definition) is 5. The van der Waals surface area contributed by atoms with E-state index in [-0.39, 0.29) is 11.7 Å². The third-order valence-electron chi connectivity index (χ3n) is 4.35. The third kappa shape index (κ3) is 3.69. The van der Waals surface area contributed by atoms with Gasteiger partial charge in [0.15, 0.2) is 0 Å². The number of hydrogen-bond donors (Lipinski definition) is 1. The first-order valence-electron chi connectivity index (χ1n) is 8.39. The zero-order valence-corrected chi connectivity index (χ0v) is 13.7. The highest BCUT2D eigenvalue weighted by Crippen LogP contribution is 2.22. The Kier molecular flexibility index (Phi) is 4.43. The number of nitrogens with zero attached hydrogens (tertiary/aromatic N) is 3. The van der Waals surface area contributed by atoms with E-state index >= 15 is 0 Å². The fourth-order valence-electron chi connectivity index (χ4n) is 3.12. The summed E-state index contributed by atoms with van der Waals surface area (Å²) in [4.78, 5) is 2.26. The summed E-state index contributed by atoms with van der Waals surface area (Å²) in [5.41, 5.74) is 1.47. The van der Waals surface area contributed by atoms with Crippen LogP contribution in [-0.4, -0.2) is 34.2 Å². The predicted molar refractivity (Wildman–Crippen MR) is 93.4 cm³/mol. The van der Waals surface area contributed by atoms with Gasteiger partial charge < -0.3 is 9.73 Å². The van der Waals surface area contributed by atoms with Crippen LogP contribution in [-0.2, 0) is 6.54 Å². The molecule has 1 N–H and O–H groups in total. The molecule has 4 rings (SSSR count). The van der Waals surface area contributed by atoms with Gasteiger partial charge in [-0.25, -0.2) is 4.39 Å². The summed E-state index contributed by atoms with van der Waals surface area (Å²) in [6.07, 6.45) is 1.06. The van der Waals surface area contributed by atoms with Crippen LogP contribution in [0.2, 0.25) is 0 Å². The highest BCUT2D eigenvalue weighted by Gasteiger charge is 2.24. The minimum atomic E-state index is -0.356.